The van der Waals surface area contributed by atoms with Crippen LogP contribution in [0.4, 0.5) is 0 Å². The SMILES string of the molecule is C=C1CC[C@H](O)/C(C)=C\CCC(C)(C)CC1. The van der Waals surface area contributed by atoms with Crippen LogP contribution in [0.2, 0.25) is 0 Å². The second-order valence-corrected chi connectivity index (χ2v) is 5.96. The third-order valence-electron chi connectivity index (χ3n) is 3.74. The fourth-order valence-corrected chi connectivity index (χ4v) is 2.16. The van der Waals surface area contributed by atoms with Gasteiger partial charge < -0.3 is 5.11 Å². The molecule has 0 aromatic carbocycles. The van der Waals surface area contributed by atoms with Crippen LogP contribution >= 0.6 is 0 Å². The summed E-state index contributed by atoms with van der Waals surface area (Å²) >= 11 is 0. The Morgan fingerprint density at radius 1 is 1.31 bits per heavy atom. The Hall–Kier alpha value is -0.560. The van der Waals surface area contributed by atoms with E-state index in [1.807, 2.05) is 6.92 Å². The maximum atomic E-state index is 9.93. The molecule has 0 spiro atoms. The smallest absolute Gasteiger partial charge is 0.0750 e. The van der Waals surface area contributed by atoms with Crippen molar-refractivity contribution in [1.82, 2.24) is 0 Å². The highest BCUT2D eigenvalue weighted by Gasteiger charge is 2.18. The van der Waals surface area contributed by atoms with E-state index in [0.717, 1.165) is 31.3 Å². The highest BCUT2D eigenvalue weighted by Crippen LogP contribution is 2.32. The third kappa shape index (κ3) is 4.52. The molecule has 0 fully saturated rings. The maximum Gasteiger partial charge on any atom is 0.0750 e. The lowest BCUT2D eigenvalue weighted by atomic mass is 9.82. The summed E-state index contributed by atoms with van der Waals surface area (Å²) in [5.74, 6) is 0. The Morgan fingerprint density at radius 3 is 2.69 bits per heavy atom. The van der Waals surface area contributed by atoms with Gasteiger partial charge in [-0.2, -0.15) is 0 Å². The van der Waals surface area contributed by atoms with E-state index in [1.165, 1.54) is 18.4 Å². The largest absolute Gasteiger partial charge is 0.389 e. The molecule has 1 nitrogen and oxygen atoms in total. The number of aliphatic hydroxyl groups is 1. The summed E-state index contributed by atoms with van der Waals surface area (Å²) in [7, 11) is 0. The zero-order chi connectivity index (χ0) is 12.2. The van der Waals surface area contributed by atoms with E-state index in [2.05, 4.69) is 26.5 Å². The number of rotatable bonds is 0. The molecule has 1 aliphatic rings. The van der Waals surface area contributed by atoms with Gasteiger partial charge >= 0.3 is 0 Å². The average molecular weight is 222 g/mol. The van der Waals surface area contributed by atoms with Crippen molar-refractivity contribution in [3.8, 4) is 0 Å². The highest BCUT2D eigenvalue weighted by molar-refractivity contribution is 5.07. The van der Waals surface area contributed by atoms with E-state index >= 15 is 0 Å². The molecule has 92 valence electrons. The molecule has 0 saturated heterocycles. The molecule has 0 saturated carbocycles. The van der Waals surface area contributed by atoms with Crippen LogP contribution in [-0.2, 0) is 0 Å². The zero-order valence-electron chi connectivity index (χ0n) is 11.1. The van der Waals surface area contributed by atoms with Crippen molar-refractivity contribution < 1.29 is 5.11 Å². The predicted octanol–water partition coefficient (Wildman–Crippen LogP) is 4.23. The number of allylic oxidation sites excluding steroid dienone is 2. The second kappa shape index (κ2) is 5.67. The minimum absolute atomic E-state index is 0.266. The van der Waals surface area contributed by atoms with Gasteiger partial charge in [0.2, 0.25) is 0 Å². The zero-order valence-corrected chi connectivity index (χ0v) is 11.1. The molecule has 1 N–H and O–H groups in total. The fraction of sp³-hybridized carbons (Fsp3) is 0.733. The van der Waals surface area contributed by atoms with Gasteiger partial charge in [-0.15, -0.1) is 0 Å². The molecule has 0 radical (unpaired) electrons. The van der Waals surface area contributed by atoms with Crippen molar-refractivity contribution >= 4 is 0 Å². The van der Waals surface area contributed by atoms with E-state index in [1.54, 1.807) is 0 Å². The first-order chi connectivity index (χ1) is 7.41. The van der Waals surface area contributed by atoms with Crippen molar-refractivity contribution in [2.75, 3.05) is 0 Å². The molecule has 0 heterocycles. The summed E-state index contributed by atoms with van der Waals surface area (Å²) < 4.78 is 0. The van der Waals surface area contributed by atoms with Crippen molar-refractivity contribution in [2.24, 2.45) is 5.41 Å². The van der Waals surface area contributed by atoms with Crippen molar-refractivity contribution in [3.05, 3.63) is 23.8 Å². The van der Waals surface area contributed by atoms with Crippen LogP contribution in [0.15, 0.2) is 23.8 Å². The molecule has 0 aromatic rings. The van der Waals surface area contributed by atoms with Gasteiger partial charge in [0.05, 0.1) is 6.10 Å². The molecule has 0 aliphatic heterocycles. The molecule has 1 heteroatoms. The van der Waals surface area contributed by atoms with E-state index < -0.39 is 0 Å². The molecular formula is C15H26O. The molecule has 1 atom stereocenters. The Bertz CT molecular complexity index is 273. The molecule has 1 rings (SSSR count). The van der Waals surface area contributed by atoms with Crippen molar-refractivity contribution in [3.63, 3.8) is 0 Å². The monoisotopic (exact) mass is 222 g/mol. The van der Waals surface area contributed by atoms with Gasteiger partial charge in [0.15, 0.2) is 0 Å². The molecule has 1 aliphatic carbocycles. The summed E-state index contributed by atoms with van der Waals surface area (Å²) in [5.41, 5.74) is 2.82. The second-order valence-electron chi connectivity index (χ2n) is 5.96. The van der Waals surface area contributed by atoms with Gasteiger partial charge in [0.1, 0.15) is 0 Å². The summed E-state index contributed by atoms with van der Waals surface area (Å²) in [6.45, 7) is 10.8. The Morgan fingerprint density at radius 2 is 2.00 bits per heavy atom. The van der Waals surface area contributed by atoms with Crippen LogP contribution in [0, 0.1) is 5.41 Å². The highest BCUT2D eigenvalue weighted by atomic mass is 16.3. The fourth-order valence-electron chi connectivity index (χ4n) is 2.16. The van der Waals surface area contributed by atoms with E-state index in [4.69, 9.17) is 0 Å². The molecule has 0 bridgehead atoms. The van der Waals surface area contributed by atoms with Gasteiger partial charge in [0.25, 0.3) is 0 Å². The average Bonchev–Trinajstić information content (AvgIpc) is 2.23. The quantitative estimate of drug-likeness (QED) is 0.608. The molecule has 0 amide bonds. The van der Waals surface area contributed by atoms with Crippen LogP contribution < -0.4 is 0 Å². The van der Waals surface area contributed by atoms with E-state index in [9.17, 15) is 5.11 Å². The van der Waals surface area contributed by atoms with Gasteiger partial charge in [-0.05, 0) is 56.4 Å². The van der Waals surface area contributed by atoms with Gasteiger partial charge in [-0.1, -0.05) is 32.1 Å². The predicted molar refractivity (Wildman–Crippen MR) is 70.4 cm³/mol. The lowest BCUT2D eigenvalue weighted by Crippen LogP contribution is -2.10. The minimum Gasteiger partial charge on any atom is -0.389 e. The molecular weight excluding hydrogens is 196 g/mol. The molecule has 0 unspecified atom stereocenters. The Kier molecular flexibility index (Phi) is 4.79. The lowest BCUT2D eigenvalue weighted by Gasteiger charge is -2.24. The van der Waals surface area contributed by atoms with Crippen LogP contribution in [0.25, 0.3) is 0 Å². The van der Waals surface area contributed by atoms with Crippen molar-refractivity contribution in [2.45, 2.75) is 65.4 Å². The van der Waals surface area contributed by atoms with Crippen molar-refractivity contribution in [1.29, 1.82) is 0 Å². The summed E-state index contributed by atoms with van der Waals surface area (Å²) in [6, 6.07) is 0. The maximum absolute atomic E-state index is 9.93. The van der Waals surface area contributed by atoms with E-state index in [0.29, 0.717) is 5.41 Å². The van der Waals surface area contributed by atoms with Crippen LogP contribution in [0.3, 0.4) is 0 Å². The summed E-state index contributed by atoms with van der Waals surface area (Å²) in [6.07, 6.45) is 8.35. The van der Waals surface area contributed by atoms with Crippen LogP contribution in [-0.4, -0.2) is 11.2 Å². The third-order valence-corrected chi connectivity index (χ3v) is 3.74. The van der Waals surface area contributed by atoms with Crippen LogP contribution in [0.1, 0.15) is 59.3 Å². The van der Waals surface area contributed by atoms with E-state index in [-0.39, 0.29) is 6.10 Å². The number of aliphatic hydroxyl groups excluding tert-OH is 1. The summed E-state index contributed by atoms with van der Waals surface area (Å²) in [4.78, 5) is 0. The Balaban J connectivity index is 2.69. The summed E-state index contributed by atoms with van der Waals surface area (Å²) in [5, 5.41) is 9.93. The normalized spacial score (nSPS) is 31.4. The van der Waals surface area contributed by atoms with Gasteiger partial charge in [-0.3, -0.25) is 0 Å². The lowest BCUT2D eigenvalue weighted by molar-refractivity contribution is 0.200. The first kappa shape index (κ1) is 13.5. The molecule has 16 heavy (non-hydrogen) atoms. The molecule has 0 aromatic heterocycles. The Labute approximate surface area is 100 Å². The number of hydrogen-bond donors (Lipinski definition) is 1. The topological polar surface area (TPSA) is 20.2 Å². The first-order valence-electron chi connectivity index (χ1n) is 6.42. The standard InChI is InChI=1S/C15H26O/c1-12-7-8-14(16)13(2)6-5-10-15(3,4)11-9-12/h6,14,16H,1,5,7-11H2,2-4H3/b13-6-/t14-/m0/s1. The first-order valence-corrected chi connectivity index (χ1v) is 6.42. The van der Waals surface area contributed by atoms with Crippen LogP contribution in [0.5, 0.6) is 0 Å². The number of hydrogen-bond acceptors (Lipinski definition) is 1. The minimum atomic E-state index is -0.266. The van der Waals surface area contributed by atoms with Gasteiger partial charge in [0, 0.05) is 0 Å². The van der Waals surface area contributed by atoms with Gasteiger partial charge in [-0.25, -0.2) is 0 Å².